The van der Waals surface area contributed by atoms with Gasteiger partial charge in [-0.1, -0.05) is 153 Å². The van der Waals surface area contributed by atoms with E-state index in [0.29, 0.717) is 0 Å². The van der Waals surface area contributed by atoms with Crippen molar-refractivity contribution >= 4 is 65.4 Å². The second-order valence-corrected chi connectivity index (χ2v) is 14.4. The van der Waals surface area contributed by atoms with Crippen molar-refractivity contribution in [2.24, 2.45) is 0 Å². The van der Waals surface area contributed by atoms with Crippen LogP contribution < -0.4 is 0 Å². The molecule has 7 aromatic rings. The second-order valence-electron chi connectivity index (χ2n) is 14.4. The quantitative estimate of drug-likeness (QED) is 0.174. The molecule has 2 aliphatic carbocycles. The molecule has 0 unspecified atom stereocenters. The molecule has 0 amide bonds. The van der Waals surface area contributed by atoms with E-state index in [4.69, 9.17) is 4.42 Å². The molecular weight excluding hydrogens is 605 g/mol. The molecule has 1 heterocycles. The minimum absolute atomic E-state index is 0.106. The molecule has 6 aromatic carbocycles. The molecule has 0 aliphatic heterocycles. The number of fused-ring (bicyclic) bond motifs is 8. The van der Waals surface area contributed by atoms with E-state index in [9.17, 15) is 0 Å². The van der Waals surface area contributed by atoms with Gasteiger partial charge in [-0.25, -0.2) is 0 Å². The minimum atomic E-state index is -0.106. The van der Waals surface area contributed by atoms with Crippen molar-refractivity contribution in [3.05, 3.63) is 180 Å². The van der Waals surface area contributed by atoms with Crippen molar-refractivity contribution in [3.63, 3.8) is 0 Å². The maximum absolute atomic E-state index is 6.25. The fourth-order valence-corrected chi connectivity index (χ4v) is 8.56. The third kappa shape index (κ3) is 4.91. The molecule has 9 rings (SSSR count). The first kappa shape index (κ1) is 30.4. The lowest BCUT2D eigenvalue weighted by Crippen LogP contribution is -2.15. The summed E-state index contributed by atoms with van der Waals surface area (Å²) in [6, 6.07) is 35.6. The van der Waals surface area contributed by atoms with Crippen LogP contribution in [-0.4, -0.2) is 0 Å². The zero-order valence-electron chi connectivity index (χ0n) is 29.0. The topological polar surface area (TPSA) is 13.1 Å². The van der Waals surface area contributed by atoms with Gasteiger partial charge in [0.1, 0.15) is 11.2 Å². The van der Waals surface area contributed by atoms with Gasteiger partial charge >= 0.3 is 0 Å². The molecule has 0 spiro atoms. The van der Waals surface area contributed by atoms with Gasteiger partial charge in [0.25, 0.3) is 0 Å². The molecule has 0 fully saturated rings. The summed E-state index contributed by atoms with van der Waals surface area (Å²) in [5.41, 5.74) is 11.4. The molecule has 1 nitrogen and oxygen atoms in total. The fourth-order valence-electron chi connectivity index (χ4n) is 8.56. The molecule has 0 saturated carbocycles. The van der Waals surface area contributed by atoms with Gasteiger partial charge in [-0.05, 0) is 110 Å². The van der Waals surface area contributed by atoms with Crippen molar-refractivity contribution in [3.8, 4) is 0 Å². The lowest BCUT2D eigenvalue weighted by Gasteiger charge is -2.24. The van der Waals surface area contributed by atoms with Gasteiger partial charge in [0.2, 0.25) is 0 Å². The molecule has 2 aliphatic rings. The third-order valence-electron chi connectivity index (χ3n) is 11.0. The van der Waals surface area contributed by atoms with Crippen LogP contribution in [-0.2, 0) is 11.8 Å². The number of furan rings is 1. The van der Waals surface area contributed by atoms with E-state index in [2.05, 4.69) is 166 Å². The van der Waals surface area contributed by atoms with Crippen LogP contribution in [0.15, 0.2) is 162 Å². The van der Waals surface area contributed by atoms with E-state index >= 15 is 0 Å². The second kappa shape index (κ2) is 12.0. The predicted octanol–water partition coefficient (Wildman–Crippen LogP) is 13.8. The van der Waals surface area contributed by atoms with Crippen molar-refractivity contribution in [2.75, 3.05) is 0 Å². The Labute approximate surface area is 293 Å². The number of hydrogen-bond acceptors (Lipinski definition) is 1. The van der Waals surface area contributed by atoms with Crippen LogP contribution in [0.25, 0.3) is 65.4 Å². The van der Waals surface area contributed by atoms with Crippen molar-refractivity contribution in [1.82, 2.24) is 0 Å². The molecule has 50 heavy (non-hydrogen) atoms. The van der Waals surface area contributed by atoms with Crippen LogP contribution in [0.4, 0.5) is 0 Å². The Kier molecular flexibility index (Phi) is 7.32. The monoisotopic (exact) mass is 644 g/mol. The normalized spacial score (nSPS) is 20.0. The predicted molar refractivity (Wildman–Crippen MR) is 216 cm³/mol. The lowest BCUT2D eigenvalue weighted by atomic mass is 9.80. The summed E-state index contributed by atoms with van der Waals surface area (Å²) in [5, 5.41) is 10.2. The fraction of sp³-hybridized carbons (Fsp3) is 0.143. The van der Waals surface area contributed by atoms with E-state index in [-0.39, 0.29) is 5.41 Å². The third-order valence-corrected chi connectivity index (χ3v) is 11.0. The largest absolute Gasteiger partial charge is 0.456 e. The Hall–Kier alpha value is -5.66. The molecule has 0 saturated heterocycles. The molecular formula is C49H40O. The minimum Gasteiger partial charge on any atom is -0.456 e. The lowest BCUT2D eigenvalue weighted by molar-refractivity contribution is 0.649. The highest BCUT2D eigenvalue weighted by atomic mass is 16.3. The molecule has 1 heteroatoms. The number of benzene rings is 6. The Bertz CT molecular complexity index is 2640. The summed E-state index contributed by atoms with van der Waals surface area (Å²) in [6.07, 6.45) is 23.2. The number of para-hydroxylation sites is 1. The summed E-state index contributed by atoms with van der Waals surface area (Å²) < 4.78 is 6.25. The summed E-state index contributed by atoms with van der Waals surface area (Å²) in [4.78, 5) is 0. The van der Waals surface area contributed by atoms with E-state index in [1.54, 1.807) is 0 Å². The van der Waals surface area contributed by atoms with E-state index < -0.39 is 0 Å². The highest BCUT2D eigenvalue weighted by Gasteiger charge is 2.36. The Morgan fingerprint density at radius 3 is 2.12 bits per heavy atom. The molecule has 0 atom stereocenters. The van der Waals surface area contributed by atoms with Crippen molar-refractivity contribution in [1.29, 1.82) is 0 Å². The number of rotatable bonds is 3. The van der Waals surface area contributed by atoms with Crippen molar-refractivity contribution in [2.45, 2.75) is 45.4 Å². The summed E-state index contributed by atoms with van der Waals surface area (Å²) in [6.45, 7) is 7.09. The summed E-state index contributed by atoms with van der Waals surface area (Å²) in [7, 11) is 0. The van der Waals surface area contributed by atoms with Gasteiger partial charge in [-0.3, -0.25) is 0 Å². The average Bonchev–Trinajstić information content (AvgIpc) is 3.63. The standard InChI is InChI=1S/C49H40O/c1-32(46-38-20-11-13-22-40(38)47(41-23-14-12-21-39(41)46)33-17-9-7-5-4-6-8-10-18-33)25-28-36-29-35-27-26-34-30-45-43(31-42(34)48(35)49(36,2)3)37-19-15-16-24-44(37)50-45/h4-5,7-16,18-28,30-31H,6,17,29H2,1-3H3/b5-4-,9-7-,10-8-,32-25+,33-18+,36-28+. The van der Waals surface area contributed by atoms with Gasteiger partial charge in [0, 0.05) is 16.2 Å². The van der Waals surface area contributed by atoms with Gasteiger partial charge < -0.3 is 4.42 Å². The zero-order valence-corrected chi connectivity index (χ0v) is 29.0. The molecule has 242 valence electrons. The van der Waals surface area contributed by atoms with Gasteiger partial charge in [0.05, 0.1) is 0 Å². The smallest absolute Gasteiger partial charge is 0.136 e. The van der Waals surface area contributed by atoms with Gasteiger partial charge in [-0.2, -0.15) is 0 Å². The van der Waals surface area contributed by atoms with E-state index in [1.807, 2.05) is 6.07 Å². The Morgan fingerprint density at radius 1 is 0.660 bits per heavy atom. The Morgan fingerprint density at radius 2 is 1.34 bits per heavy atom. The van der Waals surface area contributed by atoms with Crippen LogP contribution in [0.2, 0.25) is 0 Å². The first-order chi connectivity index (χ1) is 24.5. The van der Waals surface area contributed by atoms with Crippen LogP contribution in [0.5, 0.6) is 0 Å². The van der Waals surface area contributed by atoms with Crippen LogP contribution in [0.3, 0.4) is 0 Å². The number of allylic oxidation sites excluding steroid dienone is 12. The maximum atomic E-state index is 6.25. The van der Waals surface area contributed by atoms with E-state index in [1.165, 1.54) is 82.1 Å². The SMILES string of the molecule is C/C(=C\C=C1/Cc2ccc3cc4oc5ccccc5c4cc3c2C1(C)C)c1c2ccccc2c(/C2=C/C=C\C/C=C\C=C/C2)c2ccccc12. The highest BCUT2D eigenvalue weighted by Crippen LogP contribution is 2.48. The average molecular weight is 645 g/mol. The molecule has 0 radical (unpaired) electrons. The first-order valence-electron chi connectivity index (χ1n) is 17.9. The maximum Gasteiger partial charge on any atom is 0.136 e. The Balaban J connectivity index is 1.17. The molecule has 0 bridgehead atoms. The summed E-state index contributed by atoms with van der Waals surface area (Å²) >= 11 is 0. The number of hydrogen-bond donors (Lipinski definition) is 0. The van der Waals surface area contributed by atoms with Crippen LogP contribution >= 0.6 is 0 Å². The van der Waals surface area contributed by atoms with Gasteiger partial charge in [0.15, 0.2) is 0 Å². The van der Waals surface area contributed by atoms with Crippen LogP contribution in [0, 0.1) is 0 Å². The van der Waals surface area contributed by atoms with Crippen LogP contribution in [0.1, 0.15) is 55.9 Å². The van der Waals surface area contributed by atoms with Crippen molar-refractivity contribution < 1.29 is 4.42 Å². The van der Waals surface area contributed by atoms with E-state index in [0.717, 1.165) is 30.4 Å². The molecule has 0 N–H and O–H groups in total. The van der Waals surface area contributed by atoms with Gasteiger partial charge in [-0.15, -0.1) is 0 Å². The highest BCUT2D eigenvalue weighted by molar-refractivity contribution is 6.16. The molecule has 1 aromatic heterocycles. The first-order valence-corrected chi connectivity index (χ1v) is 17.9. The summed E-state index contributed by atoms with van der Waals surface area (Å²) in [5.74, 6) is 0. The zero-order chi connectivity index (χ0) is 33.8.